The van der Waals surface area contributed by atoms with Gasteiger partial charge in [0.05, 0.1) is 18.8 Å². The predicted octanol–water partition coefficient (Wildman–Crippen LogP) is 3.15. The standard InChI is InChI=1S/C21H27N3O2/c1-16-8-4-6-10-19(16)24-14-12-23(13-15-24)17(2)21(25)22-18-9-5-7-11-20(18)26-3/h4-11,17H,12-15H2,1-3H3,(H,22,25)/t17-/m0/s1. The number of hydrogen-bond donors (Lipinski definition) is 1. The highest BCUT2D eigenvalue weighted by Gasteiger charge is 2.26. The van der Waals surface area contributed by atoms with Gasteiger partial charge in [0.25, 0.3) is 0 Å². The van der Waals surface area contributed by atoms with Gasteiger partial charge in [0, 0.05) is 31.9 Å². The zero-order valence-electron chi connectivity index (χ0n) is 15.7. The number of piperazine rings is 1. The van der Waals surface area contributed by atoms with Crippen LogP contribution in [0.25, 0.3) is 0 Å². The Morgan fingerprint density at radius 1 is 1.04 bits per heavy atom. The van der Waals surface area contributed by atoms with E-state index in [9.17, 15) is 4.79 Å². The van der Waals surface area contributed by atoms with Crippen LogP contribution in [-0.2, 0) is 4.79 Å². The zero-order chi connectivity index (χ0) is 18.5. The lowest BCUT2D eigenvalue weighted by molar-refractivity contribution is -0.120. The van der Waals surface area contributed by atoms with Gasteiger partial charge in [-0.2, -0.15) is 0 Å². The maximum atomic E-state index is 12.7. The van der Waals surface area contributed by atoms with Crippen molar-refractivity contribution in [3.63, 3.8) is 0 Å². The predicted molar refractivity (Wildman–Crippen MR) is 106 cm³/mol. The number of ether oxygens (including phenoxy) is 1. The summed E-state index contributed by atoms with van der Waals surface area (Å²) >= 11 is 0. The lowest BCUT2D eigenvalue weighted by Crippen LogP contribution is -2.53. The third-order valence-corrected chi connectivity index (χ3v) is 5.06. The Kier molecular flexibility index (Phi) is 5.78. The van der Waals surface area contributed by atoms with E-state index in [-0.39, 0.29) is 11.9 Å². The summed E-state index contributed by atoms with van der Waals surface area (Å²) in [6.07, 6.45) is 0. The first-order chi connectivity index (χ1) is 12.6. The second kappa shape index (κ2) is 8.23. The molecule has 0 bridgehead atoms. The van der Waals surface area contributed by atoms with Gasteiger partial charge in [0.15, 0.2) is 0 Å². The van der Waals surface area contributed by atoms with Gasteiger partial charge in [0.1, 0.15) is 5.75 Å². The van der Waals surface area contributed by atoms with Crippen molar-refractivity contribution in [1.29, 1.82) is 0 Å². The van der Waals surface area contributed by atoms with Crippen molar-refractivity contribution in [2.45, 2.75) is 19.9 Å². The fourth-order valence-corrected chi connectivity index (χ4v) is 3.42. The summed E-state index contributed by atoms with van der Waals surface area (Å²) in [7, 11) is 1.61. The first kappa shape index (κ1) is 18.3. The molecule has 0 unspecified atom stereocenters. The average Bonchev–Trinajstić information content (AvgIpc) is 2.68. The molecule has 1 fully saturated rings. The summed E-state index contributed by atoms with van der Waals surface area (Å²) < 4.78 is 5.31. The van der Waals surface area contributed by atoms with Crippen LogP contribution in [0.15, 0.2) is 48.5 Å². The summed E-state index contributed by atoms with van der Waals surface area (Å²) in [5.74, 6) is 0.677. The molecule has 2 aromatic carbocycles. The molecular weight excluding hydrogens is 326 g/mol. The van der Waals surface area contributed by atoms with E-state index in [4.69, 9.17) is 4.74 Å². The number of carbonyl (C=O) groups is 1. The number of nitrogens with one attached hydrogen (secondary N) is 1. The minimum atomic E-state index is -0.182. The number of rotatable bonds is 5. The highest BCUT2D eigenvalue weighted by molar-refractivity contribution is 5.95. The van der Waals surface area contributed by atoms with Crippen molar-refractivity contribution in [3.05, 3.63) is 54.1 Å². The maximum absolute atomic E-state index is 12.7. The number of carbonyl (C=O) groups excluding carboxylic acids is 1. The monoisotopic (exact) mass is 353 g/mol. The summed E-state index contributed by atoms with van der Waals surface area (Å²) in [4.78, 5) is 17.3. The highest BCUT2D eigenvalue weighted by Crippen LogP contribution is 2.24. The van der Waals surface area contributed by atoms with E-state index >= 15 is 0 Å². The Morgan fingerprint density at radius 3 is 2.38 bits per heavy atom. The molecule has 1 saturated heterocycles. The number of aryl methyl sites for hydroxylation is 1. The summed E-state index contributed by atoms with van der Waals surface area (Å²) in [5, 5.41) is 2.99. The molecule has 5 nitrogen and oxygen atoms in total. The molecule has 3 rings (SSSR count). The second-order valence-corrected chi connectivity index (χ2v) is 6.68. The molecule has 0 saturated carbocycles. The molecule has 0 aromatic heterocycles. The number of benzene rings is 2. The van der Waals surface area contributed by atoms with E-state index in [1.54, 1.807) is 7.11 Å². The molecule has 1 aliphatic rings. The van der Waals surface area contributed by atoms with Crippen molar-refractivity contribution < 1.29 is 9.53 Å². The van der Waals surface area contributed by atoms with Crippen molar-refractivity contribution in [2.24, 2.45) is 0 Å². The van der Waals surface area contributed by atoms with Crippen LogP contribution in [-0.4, -0.2) is 50.1 Å². The smallest absolute Gasteiger partial charge is 0.241 e. The van der Waals surface area contributed by atoms with Gasteiger partial charge in [-0.1, -0.05) is 30.3 Å². The fourth-order valence-electron chi connectivity index (χ4n) is 3.42. The molecule has 26 heavy (non-hydrogen) atoms. The molecule has 0 spiro atoms. The highest BCUT2D eigenvalue weighted by atomic mass is 16.5. The third-order valence-electron chi connectivity index (χ3n) is 5.06. The van der Waals surface area contributed by atoms with Crippen LogP contribution in [0, 0.1) is 6.92 Å². The summed E-state index contributed by atoms with van der Waals surface area (Å²) in [6.45, 7) is 7.71. The normalized spacial score (nSPS) is 16.2. The first-order valence-electron chi connectivity index (χ1n) is 9.08. The van der Waals surface area contributed by atoms with E-state index in [0.717, 1.165) is 26.2 Å². The average molecular weight is 353 g/mol. The number of hydrogen-bond acceptors (Lipinski definition) is 4. The van der Waals surface area contributed by atoms with Crippen LogP contribution < -0.4 is 15.0 Å². The van der Waals surface area contributed by atoms with Crippen LogP contribution in [0.5, 0.6) is 5.75 Å². The van der Waals surface area contributed by atoms with Crippen molar-refractivity contribution >= 4 is 17.3 Å². The number of amides is 1. The summed E-state index contributed by atoms with van der Waals surface area (Å²) in [6, 6.07) is 15.8. The quantitative estimate of drug-likeness (QED) is 0.897. The molecule has 0 radical (unpaired) electrons. The SMILES string of the molecule is COc1ccccc1NC(=O)[C@H](C)N1CCN(c2ccccc2C)CC1. The van der Waals surface area contributed by atoms with E-state index in [0.29, 0.717) is 11.4 Å². The molecule has 1 heterocycles. The maximum Gasteiger partial charge on any atom is 0.241 e. The third kappa shape index (κ3) is 3.99. The minimum Gasteiger partial charge on any atom is -0.495 e. The van der Waals surface area contributed by atoms with Crippen molar-refractivity contribution in [1.82, 2.24) is 4.90 Å². The zero-order valence-corrected chi connectivity index (χ0v) is 15.7. The number of methoxy groups -OCH3 is 1. The lowest BCUT2D eigenvalue weighted by Gasteiger charge is -2.39. The van der Waals surface area contributed by atoms with Gasteiger partial charge in [-0.25, -0.2) is 0 Å². The van der Waals surface area contributed by atoms with Gasteiger partial charge >= 0.3 is 0 Å². The molecule has 1 amide bonds. The molecule has 1 N–H and O–H groups in total. The fraction of sp³-hybridized carbons (Fsp3) is 0.381. The second-order valence-electron chi connectivity index (χ2n) is 6.68. The Labute approximate surface area is 155 Å². The lowest BCUT2D eigenvalue weighted by atomic mass is 10.1. The van der Waals surface area contributed by atoms with Crippen LogP contribution in [0.2, 0.25) is 0 Å². The van der Waals surface area contributed by atoms with E-state index < -0.39 is 0 Å². The van der Waals surface area contributed by atoms with E-state index in [1.807, 2.05) is 31.2 Å². The van der Waals surface area contributed by atoms with Crippen LogP contribution in [0.1, 0.15) is 12.5 Å². The summed E-state index contributed by atoms with van der Waals surface area (Å²) in [5.41, 5.74) is 3.30. The van der Waals surface area contributed by atoms with E-state index in [2.05, 4.69) is 46.3 Å². The largest absolute Gasteiger partial charge is 0.495 e. The molecule has 0 aliphatic carbocycles. The number of para-hydroxylation sites is 3. The Morgan fingerprint density at radius 2 is 1.69 bits per heavy atom. The van der Waals surface area contributed by atoms with Crippen LogP contribution in [0.4, 0.5) is 11.4 Å². The topological polar surface area (TPSA) is 44.8 Å². The Hall–Kier alpha value is -2.53. The molecule has 2 aromatic rings. The Balaban J connectivity index is 1.59. The van der Waals surface area contributed by atoms with Gasteiger partial charge in [-0.05, 0) is 37.6 Å². The molecule has 5 heteroatoms. The number of anilines is 2. The van der Waals surface area contributed by atoms with E-state index in [1.165, 1.54) is 11.3 Å². The first-order valence-corrected chi connectivity index (χ1v) is 9.08. The van der Waals surface area contributed by atoms with Crippen LogP contribution >= 0.6 is 0 Å². The Bertz CT molecular complexity index is 754. The van der Waals surface area contributed by atoms with Crippen molar-refractivity contribution in [3.8, 4) is 5.75 Å². The molecule has 1 atom stereocenters. The van der Waals surface area contributed by atoms with Crippen molar-refractivity contribution in [2.75, 3.05) is 43.5 Å². The molecular formula is C21H27N3O2. The van der Waals surface area contributed by atoms with Crippen LogP contribution in [0.3, 0.4) is 0 Å². The van der Waals surface area contributed by atoms with Gasteiger partial charge < -0.3 is 15.0 Å². The minimum absolute atomic E-state index is 0.00107. The van der Waals surface area contributed by atoms with Gasteiger partial charge in [0.2, 0.25) is 5.91 Å². The molecule has 138 valence electrons. The molecule has 1 aliphatic heterocycles. The number of nitrogens with zero attached hydrogens (tertiary/aromatic N) is 2. The van der Waals surface area contributed by atoms with Gasteiger partial charge in [-0.3, -0.25) is 9.69 Å². The van der Waals surface area contributed by atoms with Gasteiger partial charge in [-0.15, -0.1) is 0 Å².